The number of likely N-dealkylation sites (N-methyl/N-ethyl adjacent to an activating group) is 1. The number of ketones is 1. The average Bonchev–Trinajstić information content (AvgIpc) is 2.69. The van der Waals surface area contributed by atoms with Gasteiger partial charge in [-0.2, -0.15) is 0 Å². The molecule has 0 aliphatic carbocycles. The van der Waals surface area contributed by atoms with E-state index in [0.717, 1.165) is 0 Å². The fraction of sp³-hybridized carbons (Fsp3) is 0.462. The molecule has 0 bridgehead atoms. The molecule has 0 spiro atoms. The van der Waals surface area contributed by atoms with E-state index in [1.54, 1.807) is 24.1 Å². The third-order valence-electron chi connectivity index (χ3n) is 3.46. The van der Waals surface area contributed by atoms with Crippen LogP contribution in [0.4, 0.5) is 0 Å². The van der Waals surface area contributed by atoms with Crippen molar-refractivity contribution in [3.63, 3.8) is 0 Å². The number of benzene rings is 1. The zero-order valence-corrected chi connectivity index (χ0v) is 13.3. The van der Waals surface area contributed by atoms with Gasteiger partial charge in [-0.1, -0.05) is 23.2 Å². The molecule has 110 valence electrons. The molecule has 20 heavy (non-hydrogen) atoms. The van der Waals surface area contributed by atoms with Gasteiger partial charge in [0.25, 0.3) is 0 Å². The maximum absolute atomic E-state index is 12.2. The summed E-state index contributed by atoms with van der Waals surface area (Å²) in [6.07, 6.45) is 0.570. The smallest absolute Gasteiger partial charge is 0.178 e. The number of sulfone groups is 1. The monoisotopic (exact) mass is 335 g/mol. The minimum absolute atomic E-state index is 0.102. The SMILES string of the molecule is CN(CC(=O)c1ccc(Cl)cc1Cl)C1CCS(=O)(=O)C1. The van der Waals surface area contributed by atoms with Gasteiger partial charge in [-0.15, -0.1) is 0 Å². The van der Waals surface area contributed by atoms with E-state index in [1.165, 1.54) is 6.07 Å². The van der Waals surface area contributed by atoms with Crippen LogP contribution in [0.5, 0.6) is 0 Å². The molecule has 1 aromatic carbocycles. The zero-order chi connectivity index (χ0) is 14.9. The lowest BCUT2D eigenvalue weighted by molar-refractivity contribution is 0.0926. The van der Waals surface area contributed by atoms with Gasteiger partial charge in [-0.25, -0.2) is 8.42 Å². The van der Waals surface area contributed by atoms with Crippen molar-refractivity contribution in [3.05, 3.63) is 33.8 Å². The van der Waals surface area contributed by atoms with E-state index >= 15 is 0 Å². The van der Waals surface area contributed by atoms with Crippen LogP contribution in [0.3, 0.4) is 0 Å². The number of carbonyl (C=O) groups excluding carboxylic acids is 1. The highest BCUT2D eigenvalue weighted by Gasteiger charge is 2.31. The summed E-state index contributed by atoms with van der Waals surface area (Å²) < 4.78 is 22.9. The third-order valence-corrected chi connectivity index (χ3v) is 5.75. The van der Waals surface area contributed by atoms with Crippen LogP contribution in [0.25, 0.3) is 0 Å². The summed E-state index contributed by atoms with van der Waals surface area (Å²) in [7, 11) is -1.19. The Hall–Kier alpha value is -0.620. The standard InChI is InChI=1S/C13H15Cl2NO3S/c1-16(10-4-5-20(18,19)8-10)7-13(17)11-3-2-9(14)6-12(11)15/h2-3,6,10H,4-5,7-8H2,1H3. The lowest BCUT2D eigenvalue weighted by Gasteiger charge is -2.22. The van der Waals surface area contributed by atoms with E-state index in [1.807, 2.05) is 0 Å². The first-order valence-electron chi connectivity index (χ1n) is 6.17. The normalized spacial score (nSPS) is 21.3. The van der Waals surface area contributed by atoms with Crippen LogP contribution in [0.2, 0.25) is 10.0 Å². The van der Waals surface area contributed by atoms with E-state index in [2.05, 4.69) is 0 Å². The summed E-state index contributed by atoms with van der Waals surface area (Å²) in [6.45, 7) is 0.140. The van der Waals surface area contributed by atoms with Gasteiger partial charge in [-0.05, 0) is 31.7 Å². The Bertz CT molecular complexity index is 631. The lowest BCUT2D eigenvalue weighted by Crippen LogP contribution is -2.36. The molecule has 0 amide bonds. The fourth-order valence-corrected chi connectivity index (χ4v) is 4.60. The molecule has 1 fully saturated rings. The quantitative estimate of drug-likeness (QED) is 0.792. The summed E-state index contributed by atoms with van der Waals surface area (Å²) >= 11 is 11.8. The van der Waals surface area contributed by atoms with Crippen LogP contribution >= 0.6 is 23.2 Å². The molecular formula is C13H15Cl2NO3S. The molecule has 4 nitrogen and oxygen atoms in total. The Labute approximate surface area is 128 Å². The number of halogens is 2. The van der Waals surface area contributed by atoms with Crippen molar-refractivity contribution in [1.29, 1.82) is 0 Å². The van der Waals surface area contributed by atoms with Crippen molar-refractivity contribution < 1.29 is 13.2 Å². The van der Waals surface area contributed by atoms with E-state index in [-0.39, 0.29) is 29.9 Å². The van der Waals surface area contributed by atoms with E-state index < -0.39 is 9.84 Å². The van der Waals surface area contributed by atoms with E-state index in [0.29, 0.717) is 22.0 Å². The highest BCUT2D eigenvalue weighted by molar-refractivity contribution is 7.91. The molecule has 0 saturated carbocycles. The average molecular weight is 336 g/mol. The van der Waals surface area contributed by atoms with Gasteiger partial charge in [0.2, 0.25) is 0 Å². The summed E-state index contributed by atoms with van der Waals surface area (Å²) in [5, 5.41) is 0.789. The molecule has 0 radical (unpaired) electrons. The molecule has 1 aliphatic rings. The first kappa shape index (κ1) is 15.8. The molecule has 1 atom stereocenters. The largest absolute Gasteiger partial charge is 0.295 e. The molecule has 1 aromatic rings. The Morgan fingerprint density at radius 2 is 2.10 bits per heavy atom. The van der Waals surface area contributed by atoms with Gasteiger partial charge >= 0.3 is 0 Å². The van der Waals surface area contributed by atoms with E-state index in [9.17, 15) is 13.2 Å². The Morgan fingerprint density at radius 1 is 1.40 bits per heavy atom. The fourth-order valence-electron chi connectivity index (χ4n) is 2.28. The Morgan fingerprint density at radius 3 is 2.65 bits per heavy atom. The van der Waals surface area contributed by atoms with Crippen LogP contribution in [0.1, 0.15) is 16.8 Å². The summed E-state index contributed by atoms with van der Waals surface area (Å²) in [5.41, 5.74) is 0.406. The van der Waals surface area contributed by atoms with Gasteiger partial charge in [0.15, 0.2) is 15.6 Å². The molecule has 1 unspecified atom stereocenters. The van der Waals surface area contributed by atoms with Crippen molar-refractivity contribution in [2.75, 3.05) is 25.1 Å². The topological polar surface area (TPSA) is 54.5 Å². The predicted octanol–water partition coefficient (Wildman–Crippen LogP) is 2.30. The highest BCUT2D eigenvalue weighted by Crippen LogP contribution is 2.22. The number of nitrogens with zero attached hydrogens (tertiary/aromatic N) is 1. The maximum Gasteiger partial charge on any atom is 0.178 e. The van der Waals surface area contributed by atoms with Crippen molar-refractivity contribution in [2.45, 2.75) is 12.5 Å². The first-order chi connectivity index (χ1) is 9.28. The minimum Gasteiger partial charge on any atom is -0.295 e. The minimum atomic E-state index is -2.95. The maximum atomic E-state index is 12.2. The van der Waals surface area contributed by atoms with Crippen molar-refractivity contribution >= 4 is 38.8 Å². The molecule has 0 N–H and O–H groups in total. The van der Waals surface area contributed by atoms with Gasteiger partial charge in [0.05, 0.1) is 23.1 Å². The number of hydrogen-bond donors (Lipinski definition) is 0. The third kappa shape index (κ3) is 3.73. The van der Waals surface area contributed by atoms with Crippen molar-refractivity contribution in [2.24, 2.45) is 0 Å². The van der Waals surface area contributed by atoms with Crippen molar-refractivity contribution in [3.8, 4) is 0 Å². The van der Waals surface area contributed by atoms with Gasteiger partial charge in [-0.3, -0.25) is 9.69 Å². The molecule has 7 heteroatoms. The van der Waals surface area contributed by atoms with Crippen LogP contribution < -0.4 is 0 Å². The lowest BCUT2D eigenvalue weighted by atomic mass is 10.1. The van der Waals surface area contributed by atoms with Gasteiger partial charge in [0, 0.05) is 16.6 Å². The Kier molecular flexibility index (Phi) is 4.74. The summed E-state index contributed by atoms with van der Waals surface area (Å²) in [4.78, 5) is 14.0. The second-order valence-electron chi connectivity index (χ2n) is 5.02. The predicted molar refractivity (Wildman–Crippen MR) is 80.5 cm³/mol. The second kappa shape index (κ2) is 6.02. The van der Waals surface area contributed by atoms with Gasteiger partial charge < -0.3 is 0 Å². The number of carbonyl (C=O) groups is 1. The molecular weight excluding hydrogens is 321 g/mol. The number of Topliss-reactive ketones (excluding diaryl/α,β-unsaturated/α-hetero) is 1. The number of hydrogen-bond acceptors (Lipinski definition) is 4. The van der Waals surface area contributed by atoms with Crippen LogP contribution in [-0.2, 0) is 9.84 Å². The van der Waals surface area contributed by atoms with Crippen LogP contribution in [0.15, 0.2) is 18.2 Å². The van der Waals surface area contributed by atoms with Crippen molar-refractivity contribution in [1.82, 2.24) is 4.90 Å². The molecule has 1 saturated heterocycles. The molecule has 2 rings (SSSR count). The van der Waals surface area contributed by atoms with E-state index in [4.69, 9.17) is 23.2 Å². The number of rotatable bonds is 4. The highest BCUT2D eigenvalue weighted by atomic mass is 35.5. The summed E-state index contributed by atoms with van der Waals surface area (Å²) in [6, 6.07) is 4.62. The Balaban J connectivity index is 2.04. The van der Waals surface area contributed by atoms with Crippen LogP contribution in [-0.4, -0.2) is 50.2 Å². The zero-order valence-electron chi connectivity index (χ0n) is 11.0. The summed E-state index contributed by atoms with van der Waals surface area (Å²) in [5.74, 6) is 0.168. The van der Waals surface area contributed by atoms with Crippen LogP contribution in [0, 0.1) is 0 Å². The second-order valence-corrected chi connectivity index (χ2v) is 8.09. The molecule has 0 aromatic heterocycles. The molecule has 1 aliphatic heterocycles. The first-order valence-corrected chi connectivity index (χ1v) is 8.75. The van der Waals surface area contributed by atoms with Gasteiger partial charge in [0.1, 0.15) is 0 Å². The molecule has 1 heterocycles.